The van der Waals surface area contributed by atoms with Gasteiger partial charge in [-0.2, -0.15) is 10.4 Å². The molecule has 0 radical (unpaired) electrons. The van der Waals surface area contributed by atoms with E-state index in [-0.39, 0.29) is 5.91 Å². The zero-order valence-corrected chi connectivity index (χ0v) is 17.7. The number of rotatable bonds is 4. The Morgan fingerprint density at radius 2 is 1.71 bits per heavy atom. The van der Waals surface area contributed by atoms with Gasteiger partial charge in [0.25, 0.3) is 11.8 Å². The van der Waals surface area contributed by atoms with Crippen LogP contribution in [0.2, 0.25) is 0 Å². The van der Waals surface area contributed by atoms with Crippen LogP contribution >= 0.6 is 15.9 Å². The third kappa shape index (κ3) is 4.29. The zero-order chi connectivity index (χ0) is 21.8. The van der Waals surface area contributed by atoms with Crippen molar-refractivity contribution in [1.29, 1.82) is 5.26 Å². The highest BCUT2D eigenvalue weighted by Crippen LogP contribution is 2.23. The van der Waals surface area contributed by atoms with E-state index in [1.807, 2.05) is 18.2 Å². The fraction of sp³-hybridized carbons (Fsp3) is 0. The zero-order valence-electron chi connectivity index (χ0n) is 16.1. The number of carbonyl (C=O) groups excluding carboxylic acids is 2. The van der Waals surface area contributed by atoms with Crippen molar-refractivity contribution in [2.45, 2.75) is 0 Å². The van der Waals surface area contributed by atoms with Gasteiger partial charge < -0.3 is 0 Å². The van der Waals surface area contributed by atoms with Gasteiger partial charge in [-0.3, -0.25) is 14.2 Å². The lowest BCUT2D eigenvalue weighted by molar-refractivity contribution is 0.0956. The van der Waals surface area contributed by atoms with Crippen LogP contribution in [0.25, 0.3) is 10.9 Å². The van der Waals surface area contributed by atoms with Gasteiger partial charge >= 0.3 is 0 Å². The summed E-state index contributed by atoms with van der Waals surface area (Å²) in [6.07, 6.45) is 3.02. The number of nitrogens with zero attached hydrogens (tertiary/aromatic N) is 3. The van der Waals surface area contributed by atoms with E-state index in [0.29, 0.717) is 27.6 Å². The van der Waals surface area contributed by atoms with Gasteiger partial charge in [-0.05, 0) is 48.0 Å². The maximum absolute atomic E-state index is 13.0. The Kier molecular flexibility index (Phi) is 5.74. The molecule has 150 valence electrons. The summed E-state index contributed by atoms with van der Waals surface area (Å²) in [6, 6.07) is 23.1. The molecule has 1 aromatic heterocycles. The van der Waals surface area contributed by atoms with Gasteiger partial charge in [0.05, 0.1) is 28.9 Å². The Morgan fingerprint density at radius 1 is 1.00 bits per heavy atom. The molecule has 4 rings (SSSR count). The highest BCUT2D eigenvalue weighted by atomic mass is 79.9. The van der Waals surface area contributed by atoms with E-state index in [2.05, 4.69) is 26.5 Å². The summed E-state index contributed by atoms with van der Waals surface area (Å²) in [7, 11) is 0. The Labute approximate surface area is 186 Å². The summed E-state index contributed by atoms with van der Waals surface area (Å²) in [5, 5.41) is 13.5. The normalized spacial score (nSPS) is 10.8. The smallest absolute Gasteiger partial charge is 0.273 e. The van der Waals surface area contributed by atoms with E-state index < -0.39 is 5.91 Å². The molecule has 1 amide bonds. The predicted octanol–water partition coefficient (Wildman–Crippen LogP) is 4.73. The maximum atomic E-state index is 13.0. The van der Waals surface area contributed by atoms with Crippen molar-refractivity contribution in [3.05, 3.63) is 106 Å². The van der Waals surface area contributed by atoms with Crippen LogP contribution in [0.5, 0.6) is 0 Å². The Bertz CT molecular complexity index is 1350. The average molecular weight is 471 g/mol. The van der Waals surface area contributed by atoms with Gasteiger partial charge in [0.15, 0.2) is 0 Å². The molecule has 0 unspecified atom stereocenters. The minimum atomic E-state index is -0.427. The van der Waals surface area contributed by atoms with E-state index in [9.17, 15) is 9.59 Å². The number of halogens is 1. The Balaban J connectivity index is 1.61. The summed E-state index contributed by atoms with van der Waals surface area (Å²) in [5.74, 6) is -0.660. The third-order valence-corrected chi connectivity index (χ3v) is 5.21. The van der Waals surface area contributed by atoms with Crippen LogP contribution < -0.4 is 5.43 Å². The minimum absolute atomic E-state index is 0.233. The first-order valence-corrected chi connectivity index (χ1v) is 10.1. The fourth-order valence-corrected chi connectivity index (χ4v) is 3.39. The number of aromatic nitrogens is 1. The van der Waals surface area contributed by atoms with Gasteiger partial charge in [0, 0.05) is 21.6 Å². The number of carbonyl (C=O) groups is 2. The molecule has 0 saturated carbocycles. The van der Waals surface area contributed by atoms with Crippen molar-refractivity contribution < 1.29 is 9.59 Å². The number of hydrazone groups is 1. The standard InChI is InChI=1S/C24H15BrN4O2/c25-19-11-9-18(10-12-19)24(31)29-15-21(20-3-1-2-4-22(20)29)23(30)28-27-14-17-7-5-16(13-26)6-8-17/h1-12,14-15H,(H,28,30)/b27-14+. The second kappa shape index (κ2) is 8.78. The molecule has 0 bridgehead atoms. The molecule has 6 nitrogen and oxygen atoms in total. The maximum Gasteiger partial charge on any atom is 0.273 e. The Hall–Kier alpha value is -4.02. The van der Waals surface area contributed by atoms with E-state index in [0.717, 1.165) is 10.0 Å². The lowest BCUT2D eigenvalue weighted by Gasteiger charge is -2.04. The number of hydrogen-bond donors (Lipinski definition) is 1. The summed E-state index contributed by atoms with van der Waals surface area (Å²) in [6.45, 7) is 0. The molecule has 0 spiro atoms. The number of nitrogens with one attached hydrogen (secondary N) is 1. The topological polar surface area (TPSA) is 87.2 Å². The number of hydrogen-bond acceptors (Lipinski definition) is 4. The van der Waals surface area contributed by atoms with Crippen molar-refractivity contribution in [3.8, 4) is 6.07 Å². The number of para-hydroxylation sites is 1. The molecular weight excluding hydrogens is 456 g/mol. The van der Waals surface area contributed by atoms with Crippen LogP contribution in [0.15, 0.2) is 88.6 Å². The third-order valence-electron chi connectivity index (χ3n) is 4.69. The van der Waals surface area contributed by atoms with Crippen LogP contribution in [0.1, 0.15) is 31.8 Å². The van der Waals surface area contributed by atoms with Crippen LogP contribution in [0.4, 0.5) is 0 Å². The van der Waals surface area contributed by atoms with Crippen LogP contribution in [-0.4, -0.2) is 22.6 Å². The van der Waals surface area contributed by atoms with E-state index >= 15 is 0 Å². The second-order valence-corrected chi connectivity index (χ2v) is 7.59. The van der Waals surface area contributed by atoms with Gasteiger partial charge in [-0.1, -0.05) is 46.3 Å². The largest absolute Gasteiger partial charge is 0.282 e. The monoisotopic (exact) mass is 470 g/mol. The van der Waals surface area contributed by atoms with Crippen molar-refractivity contribution in [2.75, 3.05) is 0 Å². The summed E-state index contributed by atoms with van der Waals surface area (Å²) < 4.78 is 2.35. The molecule has 31 heavy (non-hydrogen) atoms. The molecule has 0 atom stereocenters. The molecule has 1 heterocycles. The van der Waals surface area contributed by atoms with Crippen molar-refractivity contribution >= 4 is 44.9 Å². The molecule has 0 aliphatic heterocycles. The molecule has 0 fully saturated rings. The number of fused-ring (bicyclic) bond motifs is 1. The molecular formula is C24H15BrN4O2. The average Bonchev–Trinajstić information content (AvgIpc) is 3.19. The van der Waals surface area contributed by atoms with Crippen molar-refractivity contribution in [2.24, 2.45) is 5.10 Å². The van der Waals surface area contributed by atoms with Gasteiger partial charge in [-0.15, -0.1) is 0 Å². The Morgan fingerprint density at radius 3 is 2.42 bits per heavy atom. The first kappa shape index (κ1) is 20.3. The number of benzene rings is 3. The van der Waals surface area contributed by atoms with Crippen molar-refractivity contribution in [3.63, 3.8) is 0 Å². The second-order valence-electron chi connectivity index (χ2n) is 6.67. The molecule has 1 N–H and O–H groups in total. The first-order chi connectivity index (χ1) is 15.1. The molecule has 3 aromatic carbocycles. The molecule has 4 aromatic rings. The van der Waals surface area contributed by atoms with Crippen LogP contribution in [0.3, 0.4) is 0 Å². The van der Waals surface area contributed by atoms with Crippen LogP contribution in [0, 0.1) is 11.3 Å². The molecule has 7 heteroatoms. The number of nitriles is 1. The molecule has 0 aliphatic rings. The van der Waals surface area contributed by atoms with E-state index in [4.69, 9.17) is 5.26 Å². The van der Waals surface area contributed by atoms with Gasteiger partial charge in [0.2, 0.25) is 0 Å². The van der Waals surface area contributed by atoms with Crippen LogP contribution in [-0.2, 0) is 0 Å². The van der Waals surface area contributed by atoms with Gasteiger partial charge in [-0.25, -0.2) is 5.43 Å². The summed E-state index contributed by atoms with van der Waals surface area (Å²) >= 11 is 3.36. The summed E-state index contributed by atoms with van der Waals surface area (Å²) in [4.78, 5) is 25.8. The quantitative estimate of drug-likeness (QED) is 0.345. The highest BCUT2D eigenvalue weighted by molar-refractivity contribution is 9.10. The molecule has 0 saturated heterocycles. The van der Waals surface area contributed by atoms with Crippen molar-refractivity contribution in [1.82, 2.24) is 9.99 Å². The molecule has 0 aliphatic carbocycles. The first-order valence-electron chi connectivity index (χ1n) is 9.31. The lowest BCUT2D eigenvalue weighted by Crippen LogP contribution is -2.17. The number of amides is 1. The predicted molar refractivity (Wildman–Crippen MR) is 122 cm³/mol. The summed E-state index contributed by atoms with van der Waals surface area (Å²) in [5.41, 5.74) is 5.28. The van der Waals surface area contributed by atoms with E-state index in [1.165, 1.54) is 17.0 Å². The SMILES string of the molecule is N#Cc1ccc(/C=N/NC(=O)c2cn(C(=O)c3ccc(Br)cc3)c3ccccc23)cc1. The lowest BCUT2D eigenvalue weighted by atomic mass is 10.1. The van der Waals surface area contributed by atoms with Gasteiger partial charge in [0.1, 0.15) is 0 Å². The minimum Gasteiger partial charge on any atom is -0.282 e. The fourth-order valence-electron chi connectivity index (χ4n) is 3.13. The highest BCUT2D eigenvalue weighted by Gasteiger charge is 2.19. The van der Waals surface area contributed by atoms with E-state index in [1.54, 1.807) is 60.7 Å².